The number of aliphatic hydroxyl groups excluding tert-OH is 1. The molecule has 0 saturated heterocycles. The first-order valence-electron chi connectivity index (χ1n) is 4.28. The molecule has 0 aliphatic rings. The molecule has 1 aromatic carbocycles. The van der Waals surface area contributed by atoms with Gasteiger partial charge in [-0.2, -0.15) is 0 Å². The summed E-state index contributed by atoms with van der Waals surface area (Å²) in [5.41, 5.74) is 0.626. The summed E-state index contributed by atoms with van der Waals surface area (Å²) in [6.45, 7) is 1.65. The SMILES string of the molecule is COc1cc(CC(C)O)c(O)cc1Cl. The molecule has 14 heavy (non-hydrogen) atoms. The molecule has 0 radical (unpaired) electrons. The number of hydrogen-bond donors (Lipinski definition) is 2. The molecule has 1 atom stereocenters. The van der Waals surface area contributed by atoms with Gasteiger partial charge in [0, 0.05) is 18.1 Å². The third-order valence-electron chi connectivity index (χ3n) is 1.87. The lowest BCUT2D eigenvalue weighted by molar-refractivity contribution is 0.194. The van der Waals surface area contributed by atoms with E-state index in [0.717, 1.165) is 0 Å². The fraction of sp³-hybridized carbons (Fsp3) is 0.400. The molecule has 3 nitrogen and oxygen atoms in total. The van der Waals surface area contributed by atoms with Gasteiger partial charge < -0.3 is 14.9 Å². The summed E-state index contributed by atoms with van der Waals surface area (Å²) in [5.74, 6) is 0.580. The van der Waals surface area contributed by atoms with Gasteiger partial charge in [0.2, 0.25) is 0 Å². The van der Waals surface area contributed by atoms with E-state index < -0.39 is 6.10 Å². The summed E-state index contributed by atoms with van der Waals surface area (Å²) >= 11 is 5.79. The van der Waals surface area contributed by atoms with Gasteiger partial charge in [0.1, 0.15) is 11.5 Å². The number of benzene rings is 1. The third kappa shape index (κ3) is 2.53. The van der Waals surface area contributed by atoms with E-state index in [0.29, 0.717) is 22.8 Å². The van der Waals surface area contributed by atoms with E-state index in [1.165, 1.54) is 13.2 Å². The van der Waals surface area contributed by atoms with E-state index in [4.69, 9.17) is 16.3 Å². The number of rotatable bonds is 3. The zero-order valence-electron chi connectivity index (χ0n) is 8.12. The molecule has 0 bridgehead atoms. The molecule has 1 rings (SSSR count). The Labute approximate surface area is 87.9 Å². The zero-order valence-corrected chi connectivity index (χ0v) is 8.88. The molecule has 0 amide bonds. The van der Waals surface area contributed by atoms with Gasteiger partial charge in [-0.3, -0.25) is 0 Å². The van der Waals surface area contributed by atoms with Crippen molar-refractivity contribution in [2.75, 3.05) is 7.11 Å². The molecule has 0 aromatic heterocycles. The first kappa shape index (κ1) is 11.1. The van der Waals surface area contributed by atoms with Crippen LogP contribution in [-0.2, 0) is 6.42 Å². The van der Waals surface area contributed by atoms with E-state index in [9.17, 15) is 10.2 Å². The Kier molecular flexibility index (Phi) is 3.61. The summed E-state index contributed by atoms with van der Waals surface area (Å²) in [4.78, 5) is 0. The highest BCUT2D eigenvalue weighted by molar-refractivity contribution is 6.32. The van der Waals surface area contributed by atoms with Gasteiger partial charge in [0.15, 0.2) is 0 Å². The van der Waals surface area contributed by atoms with E-state index in [1.54, 1.807) is 13.0 Å². The molecule has 1 aromatic rings. The molecule has 4 heteroatoms. The first-order valence-corrected chi connectivity index (χ1v) is 4.65. The standard InChI is InChI=1S/C10H13ClO3/c1-6(12)3-7-4-10(14-2)8(11)5-9(7)13/h4-6,12-13H,3H2,1-2H3. The van der Waals surface area contributed by atoms with Crippen LogP contribution in [0.15, 0.2) is 12.1 Å². The van der Waals surface area contributed by atoms with E-state index in [2.05, 4.69) is 0 Å². The van der Waals surface area contributed by atoms with Crippen molar-refractivity contribution in [3.05, 3.63) is 22.7 Å². The number of ether oxygens (including phenoxy) is 1. The number of hydrogen-bond acceptors (Lipinski definition) is 3. The van der Waals surface area contributed by atoms with Crippen LogP contribution in [0.4, 0.5) is 0 Å². The van der Waals surface area contributed by atoms with E-state index in [-0.39, 0.29) is 5.75 Å². The number of halogens is 1. The van der Waals surface area contributed by atoms with Gasteiger partial charge in [-0.1, -0.05) is 11.6 Å². The highest BCUT2D eigenvalue weighted by Gasteiger charge is 2.10. The second-order valence-corrected chi connectivity index (χ2v) is 3.58. The highest BCUT2D eigenvalue weighted by Crippen LogP contribution is 2.32. The normalized spacial score (nSPS) is 12.6. The highest BCUT2D eigenvalue weighted by atomic mass is 35.5. The molecule has 0 spiro atoms. The van der Waals surface area contributed by atoms with Crippen LogP contribution in [0.25, 0.3) is 0 Å². The molecule has 0 heterocycles. The van der Waals surface area contributed by atoms with Gasteiger partial charge >= 0.3 is 0 Å². The number of aromatic hydroxyl groups is 1. The van der Waals surface area contributed by atoms with Crippen molar-refractivity contribution in [2.24, 2.45) is 0 Å². The minimum atomic E-state index is -0.508. The van der Waals surface area contributed by atoms with Crippen LogP contribution in [0.1, 0.15) is 12.5 Å². The monoisotopic (exact) mass is 216 g/mol. The minimum absolute atomic E-state index is 0.0803. The molecule has 0 aliphatic carbocycles. The summed E-state index contributed by atoms with van der Waals surface area (Å²) in [6, 6.07) is 3.04. The van der Waals surface area contributed by atoms with Crippen molar-refractivity contribution < 1.29 is 14.9 Å². The molecular formula is C10H13ClO3. The maximum Gasteiger partial charge on any atom is 0.138 e. The van der Waals surface area contributed by atoms with Crippen molar-refractivity contribution in [3.63, 3.8) is 0 Å². The van der Waals surface area contributed by atoms with Crippen LogP contribution < -0.4 is 4.74 Å². The van der Waals surface area contributed by atoms with Crippen molar-refractivity contribution in [1.29, 1.82) is 0 Å². The lowest BCUT2D eigenvalue weighted by atomic mass is 10.1. The van der Waals surface area contributed by atoms with Crippen LogP contribution in [0.2, 0.25) is 5.02 Å². The zero-order chi connectivity index (χ0) is 10.7. The lowest BCUT2D eigenvalue weighted by Gasteiger charge is -2.10. The van der Waals surface area contributed by atoms with E-state index >= 15 is 0 Å². The summed E-state index contributed by atoms with van der Waals surface area (Å²) in [7, 11) is 1.50. The largest absolute Gasteiger partial charge is 0.508 e. The maximum atomic E-state index is 9.51. The molecule has 2 N–H and O–H groups in total. The van der Waals surface area contributed by atoms with Crippen LogP contribution >= 0.6 is 11.6 Å². The Hall–Kier alpha value is -0.930. The number of phenolic OH excluding ortho intramolecular Hbond substituents is 1. The van der Waals surface area contributed by atoms with Crippen LogP contribution in [-0.4, -0.2) is 23.4 Å². The minimum Gasteiger partial charge on any atom is -0.508 e. The second-order valence-electron chi connectivity index (χ2n) is 3.17. The van der Waals surface area contributed by atoms with Crippen molar-refractivity contribution >= 4 is 11.6 Å². The quantitative estimate of drug-likeness (QED) is 0.813. The Bertz CT molecular complexity index is 323. The summed E-state index contributed by atoms with van der Waals surface area (Å²) in [6.07, 6.45) is -0.133. The van der Waals surface area contributed by atoms with Gasteiger partial charge in [-0.15, -0.1) is 0 Å². The number of phenols is 1. The average Bonchev–Trinajstić information content (AvgIpc) is 2.09. The predicted octanol–water partition coefficient (Wildman–Crippen LogP) is 1.98. The summed E-state index contributed by atoms with van der Waals surface area (Å²) in [5, 5.41) is 19.0. The van der Waals surface area contributed by atoms with Gasteiger partial charge in [-0.25, -0.2) is 0 Å². The fourth-order valence-electron chi connectivity index (χ4n) is 1.22. The Morgan fingerprint density at radius 3 is 2.64 bits per heavy atom. The molecule has 78 valence electrons. The van der Waals surface area contributed by atoms with Gasteiger partial charge in [-0.05, 0) is 13.0 Å². The van der Waals surface area contributed by atoms with Crippen LogP contribution in [0.3, 0.4) is 0 Å². The Balaban J connectivity index is 3.04. The summed E-state index contributed by atoms with van der Waals surface area (Å²) < 4.78 is 5.00. The third-order valence-corrected chi connectivity index (χ3v) is 2.16. The Morgan fingerprint density at radius 2 is 2.14 bits per heavy atom. The lowest BCUT2D eigenvalue weighted by Crippen LogP contribution is -2.04. The first-order chi connectivity index (χ1) is 6.54. The predicted molar refractivity (Wildman–Crippen MR) is 55.1 cm³/mol. The van der Waals surface area contributed by atoms with Gasteiger partial charge in [0.25, 0.3) is 0 Å². The van der Waals surface area contributed by atoms with E-state index in [1.807, 2.05) is 0 Å². The molecular weight excluding hydrogens is 204 g/mol. The molecule has 0 fully saturated rings. The number of aliphatic hydroxyl groups is 1. The topological polar surface area (TPSA) is 49.7 Å². The van der Waals surface area contributed by atoms with Crippen LogP contribution in [0, 0.1) is 0 Å². The molecule has 1 unspecified atom stereocenters. The molecule has 0 aliphatic heterocycles. The van der Waals surface area contributed by atoms with Crippen LogP contribution in [0.5, 0.6) is 11.5 Å². The van der Waals surface area contributed by atoms with Crippen molar-refractivity contribution in [2.45, 2.75) is 19.4 Å². The number of methoxy groups -OCH3 is 1. The van der Waals surface area contributed by atoms with Crippen molar-refractivity contribution in [3.8, 4) is 11.5 Å². The maximum absolute atomic E-state index is 9.51. The average molecular weight is 217 g/mol. The Morgan fingerprint density at radius 1 is 1.50 bits per heavy atom. The van der Waals surface area contributed by atoms with Gasteiger partial charge in [0.05, 0.1) is 18.2 Å². The molecule has 0 saturated carbocycles. The second kappa shape index (κ2) is 4.53. The smallest absolute Gasteiger partial charge is 0.138 e. The van der Waals surface area contributed by atoms with Crippen molar-refractivity contribution in [1.82, 2.24) is 0 Å². The fourth-order valence-corrected chi connectivity index (χ4v) is 1.46.